The van der Waals surface area contributed by atoms with Crippen molar-refractivity contribution in [3.8, 4) is 5.69 Å². The van der Waals surface area contributed by atoms with Gasteiger partial charge in [-0.2, -0.15) is 0 Å². The van der Waals surface area contributed by atoms with Crippen LogP contribution in [0.25, 0.3) is 11.8 Å². The van der Waals surface area contributed by atoms with Crippen LogP contribution >= 0.6 is 11.8 Å². The summed E-state index contributed by atoms with van der Waals surface area (Å²) in [5, 5.41) is 2.21. The van der Waals surface area contributed by atoms with Crippen LogP contribution in [0, 0.1) is 20.8 Å². The summed E-state index contributed by atoms with van der Waals surface area (Å²) in [4.78, 5) is 51.5. The zero-order chi connectivity index (χ0) is 26.0. The third-order valence-corrected chi connectivity index (χ3v) is 6.69. The van der Waals surface area contributed by atoms with Crippen molar-refractivity contribution in [2.24, 2.45) is 0 Å². The Morgan fingerprint density at radius 3 is 2.50 bits per heavy atom. The lowest BCUT2D eigenvalue weighted by Gasteiger charge is -2.13. The molecule has 2 aromatic carbocycles. The van der Waals surface area contributed by atoms with Crippen LogP contribution in [-0.2, 0) is 14.3 Å². The van der Waals surface area contributed by atoms with Crippen LogP contribution in [0.4, 0.5) is 10.5 Å². The highest BCUT2D eigenvalue weighted by atomic mass is 32.2. The van der Waals surface area contributed by atoms with Crippen molar-refractivity contribution in [3.05, 3.63) is 87.6 Å². The van der Waals surface area contributed by atoms with Gasteiger partial charge in [-0.05, 0) is 80.1 Å². The van der Waals surface area contributed by atoms with E-state index in [0.717, 1.165) is 39.2 Å². The summed E-state index contributed by atoms with van der Waals surface area (Å²) in [6.45, 7) is 5.29. The number of hydrogen-bond donors (Lipinski definition) is 1. The highest BCUT2D eigenvalue weighted by Crippen LogP contribution is 2.34. The molecule has 3 amide bonds. The number of imide groups is 1. The number of hydrogen-bond acceptors (Lipinski definition) is 6. The number of carbonyl (C=O) groups excluding carboxylic acids is 4. The van der Waals surface area contributed by atoms with Gasteiger partial charge in [0.1, 0.15) is 6.54 Å². The van der Waals surface area contributed by atoms with Crippen molar-refractivity contribution in [3.63, 3.8) is 0 Å². The number of carbonyl (C=O) groups is 4. The minimum absolute atomic E-state index is 0.227. The number of rotatable bonds is 6. The van der Waals surface area contributed by atoms with E-state index in [1.807, 2.05) is 55.7 Å². The molecule has 1 aliphatic rings. The summed E-state index contributed by atoms with van der Waals surface area (Å²) >= 11 is 0.794. The van der Waals surface area contributed by atoms with Crippen molar-refractivity contribution >= 4 is 46.5 Å². The Labute approximate surface area is 212 Å². The van der Waals surface area contributed by atoms with Gasteiger partial charge < -0.3 is 14.6 Å². The van der Waals surface area contributed by atoms with Gasteiger partial charge in [0.05, 0.1) is 23.3 Å². The van der Waals surface area contributed by atoms with Crippen LogP contribution in [0.15, 0.2) is 59.5 Å². The maximum atomic E-state index is 13.0. The zero-order valence-electron chi connectivity index (χ0n) is 20.3. The quantitative estimate of drug-likeness (QED) is 0.381. The second-order valence-electron chi connectivity index (χ2n) is 8.36. The number of esters is 1. The van der Waals surface area contributed by atoms with Gasteiger partial charge >= 0.3 is 5.97 Å². The van der Waals surface area contributed by atoms with E-state index in [-0.39, 0.29) is 11.4 Å². The topological polar surface area (TPSA) is 97.7 Å². The molecule has 2 heterocycles. The molecule has 0 spiro atoms. The van der Waals surface area contributed by atoms with Gasteiger partial charge in [0.15, 0.2) is 0 Å². The number of methoxy groups -OCH3 is 1. The molecule has 0 atom stereocenters. The maximum Gasteiger partial charge on any atom is 0.339 e. The number of benzene rings is 2. The fraction of sp³-hybridized carbons (Fsp3) is 0.185. The number of aromatic nitrogens is 1. The van der Waals surface area contributed by atoms with Crippen LogP contribution in [0.3, 0.4) is 0 Å². The molecule has 1 fully saturated rings. The van der Waals surface area contributed by atoms with E-state index >= 15 is 0 Å². The molecule has 0 bridgehead atoms. The number of amides is 3. The molecule has 9 heteroatoms. The first-order valence-corrected chi connectivity index (χ1v) is 12.0. The number of ether oxygens (including phenoxy) is 1. The van der Waals surface area contributed by atoms with Crippen LogP contribution in [0.2, 0.25) is 0 Å². The molecule has 3 aromatic rings. The first-order valence-electron chi connectivity index (χ1n) is 11.2. The standard InChI is InChI=1S/C27H25N3O5S/c1-16-8-7-9-20(12-16)28-24(31)15-29-25(32)23(36-27(29)34)14-19-13-17(2)30(18(19)3)22-11-6-5-10-21(22)26(33)35-4/h5-14H,15H2,1-4H3,(H,28,31). The molecule has 0 radical (unpaired) electrons. The molecular weight excluding hydrogens is 478 g/mol. The van der Waals surface area contributed by atoms with E-state index in [9.17, 15) is 19.2 Å². The van der Waals surface area contributed by atoms with Gasteiger partial charge in [-0.15, -0.1) is 0 Å². The molecule has 0 unspecified atom stereocenters. The van der Waals surface area contributed by atoms with Crippen molar-refractivity contribution in [2.75, 3.05) is 19.0 Å². The summed E-state index contributed by atoms with van der Waals surface area (Å²) in [6, 6.07) is 16.2. The lowest BCUT2D eigenvalue weighted by atomic mass is 10.1. The molecule has 184 valence electrons. The summed E-state index contributed by atoms with van der Waals surface area (Å²) < 4.78 is 6.82. The van der Waals surface area contributed by atoms with E-state index in [4.69, 9.17) is 4.74 Å². The van der Waals surface area contributed by atoms with Crippen LogP contribution < -0.4 is 5.32 Å². The molecule has 1 aromatic heterocycles. The minimum atomic E-state index is -0.524. The SMILES string of the molecule is COC(=O)c1ccccc1-n1c(C)cc(C=C2SC(=O)N(CC(=O)Nc3cccc(C)c3)C2=O)c1C. The average molecular weight is 504 g/mol. The van der Waals surface area contributed by atoms with Gasteiger partial charge in [-0.3, -0.25) is 19.3 Å². The molecule has 1 saturated heterocycles. The number of nitrogens with one attached hydrogen (secondary N) is 1. The number of aryl methyl sites for hydroxylation is 2. The minimum Gasteiger partial charge on any atom is -0.465 e. The second-order valence-corrected chi connectivity index (χ2v) is 9.35. The summed E-state index contributed by atoms with van der Waals surface area (Å²) in [5.74, 6) is -1.43. The highest BCUT2D eigenvalue weighted by Gasteiger charge is 2.36. The Morgan fingerprint density at radius 2 is 1.78 bits per heavy atom. The Hall–Kier alpha value is -4.11. The number of nitrogens with zero attached hydrogens (tertiary/aromatic N) is 2. The Kier molecular flexibility index (Phi) is 7.12. The van der Waals surface area contributed by atoms with Crippen molar-refractivity contribution < 1.29 is 23.9 Å². The molecule has 8 nitrogen and oxygen atoms in total. The monoisotopic (exact) mass is 503 g/mol. The Bertz CT molecular complexity index is 1420. The normalized spacial score (nSPS) is 14.4. The molecule has 4 rings (SSSR count). The Balaban J connectivity index is 1.57. The van der Waals surface area contributed by atoms with Gasteiger partial charge in [-0.25, -0.2) is 4.79 Å². The third-order valence-electron chi connectivity index (χ3n) is 5.78. The number of anilines is 1. The van der Waals surface area contributed by atoms with Crippen LogP contribution in [0.1, 0.15) is 32.9 Å². The van der Waals surface area contributed by atoms with Crippen molar-refractivity contribution in [1.82, 2.24) is 9.47 Å². The summed E-state index contributed by atoms with van der Waals surface area (Å²) in [5.41, 5.74) is 4.99. The predicted octanol–water partition coefficient (Wildman–Crippen LogP) is 4.86. The van der Waals surface area contributed by atoms with Gasteiger partial charge in [0.2, 0.25) is 5.91 Å². The number of para-hydroxylation sites is 1. The van der Waals surface area contributed by atoms with Gasteiger partial charge in [-0.1, -0.05) is 24.3 Å². The molecule has 36 heavy (non-hydrogen) atoms. The van der Waals surface area contributed by atoms with E-state index in [0.29, 0.717) is 16.9 Å². The average Bonchev–Trinajstić information content (AvgIpc) is 3.27. The summed E-state index contributed by atoms with van der Waals surface area (Å²) in [6.07, 6.45) is 1.64. The lowest BCUT2D eigenvalue weighted by molar-refractivity contribution is -0.127. The smallest absolute Gasteiger partial charge is 0.339 e. The zero-order valence-corrected chi connectivity index (χ0v) is 21.1. The number of thioether (sulfide) groups is 1. The first-order chi connectivity index (χ1) is 17.2. The first kappa shape index (κ1) is 25.0. The largest absolute Gasteiger partial charge is 0.465 e. The van der Waals surface area contributed by atoms with E-state index in [1.54, 1.807) is 30.3 Å². The second kappa shape index (κ2) is 10.2. The van der Waals surface area contributed by atoms with Crippen molar-refractivity contribution in [2.45, 2.75) is 20.8 Å². The molecule has 1 aliphatic heterocycles. The van der Waals surface area contributed by atoms with E-state index < -0.39 is 23.0 Å². The maximum absolute atomic E-state index is 13.0. The van der Waals surface area contributed by atoms with Gasteiger partial charge in [0, 0.05) is 17.1 Å². The lowest BCUT2D eigenvalue weighted by Crippen LogP contribution is -2.36. The molecule has 0 aliphatic carbocycles. The van der Waals surface area contributed by atoms with E-state index in [1.165, 1.54) is 7.11 Å². The van der Waals surface area contributed by atoms with Crippen LogP contribution in [0.5, 0.6) is 0 Å². The van der Waals surface area contributed by atoms with Crippen LogP contribution in [-0.4, -0.2) is 46.1 Å². The highest BCUT2D eigenvalue weighted by molar-refractivity contribution is 8.18. The molecular formula is C27H25N3O5S. The summed E-state index contributed by atoms with van der Waals surface area (Å²) in [7, 11) is 1.33. The van der Waals surface area contributed by atoms with Gasteiger partial charge in [0.25, 0.3) is 11.1 Å². The fourth-order valence-electron chi connectivity index (χ4n) is 4.10. The Morgan fingerprint density at radius 1 is 1.03 bits per heavy atom. The van der Waals surface area contributed by atoms with Crippen molar-refractivity contribution in [1.29, 1.82) is 0 Å². The van der Waals surface area contributed by atoms with E-state index in [2.05, 4.69) is 5.32 Å². The fourth-order valence-corrected chi connectivity index (χ4v) is 4.93. The molecule has 0 saturated carbocycles. The third kappa shape index (κ3) is 4.96. The molecule has 1 N–H and O–H groups in total. The predicted molar refractivity (Wildman–Crippen MR) is 139 cm³/mol.